The van der Waals surface area contributed by atoms with E-state index in [0.717, 1.165) is 15.5 Å². The summed E-state index contributed by atoms with van der Waals surface area (Å²) in [6.45, 7) is 2.01. The molecule has 3 aromatic rings. The third kappa shape index (κ3) is 6.77. The molecule has 6 nitrogen and oxygen atoms in total. The van der Waals surface area contributed by atoms with Gasteiger partial charge in [-0.25, -0.2) is 8.42 Å². The normalized spacial score (nSPS) is 12.1. The average molecular weight is 471 g/mol. The van der Waals surface area contributed by atoms with Crippen molar-refractivity contribution in [2.24, 2.45) is 0 Å². The zero-order valence-electron chi connectivity index (χ0n) is 18.0. The fraction of sp³-hybridized carbons (Fsp3) is 0.208. The minimum atomic E-state index is -3.68. The molecule has 0 aliphatic rings. The maximum atomic E-state index is 12.7. The number of thioether (sulfide) groups is 1. The van der Waals surface area contributed by atoms with E-state index in [0.29, 0.717) is 29.5 Å². The Morgan fingerprint density at radius 1 is 0.938 bits per heavy atom. The summed E-state index contributed by atoms with van der Waals surface area (Å²) in [5.74, 6) is 1.59. The van der Waals surface area contributed by atoms with Gasteiger partial charge in [0, 0.05) is 17.2 Å². The van der Waals surface area contributed by atoms with Gasteiger partial charge in [0.25, 0.3) is 0 Å². The summed E-state index contributed by atoms with van der Waals surface area (Å²) in [6.07, 6.45) is 1.09. The van der Waals surface area contributed by atoms with Crippen LogP contribution in [0.25, 0.3) is 0 Å². The Morgan fingerprint density at radius 2 is 1.50 bits per heavy atom. The van der Waals surface area contributed by atoms with E-state index in [4.69, 9.17) is 4.74 Å². The number of benzene rings is 3. The first-order chi connectivity index (χ1) is 15.3. The van der Waals surface area contributed by atoms with E-state index in [1.165, 1.54) is 0 Å². The number of para-hydroxylation sites is 1. The number of nitrogens with zero attached hydrogens (tertiary/aromatic N) is 1. The van der Waals surface area contributed by atoms with Crippen molar-refractivity contribution in [3.63, 3.8) is 0 Å². The van der Waals surface area contributed by atoms with Gasteiger partial charge in [-0.1, -0.05) is 36.4 Å². The van der Waals surface area contributed by atoms with Crippen LogP contribution in [0, 0.1) is 0 Å². The number of carbonyl (C=O) groups excluding carboxylic acids is 1. The van der Waals surface area contributed by atoms with Crippen molar-refractivity contribution >= 4 is 33.4 Å². The SMILES string of the molecule is C[C@H](C(=O)NCCSc1ccccc1)N(c1ccc(Oc2ccccc2)cc1)S(C)(=O)=O. The standard InChI is InChI=1S/C24H26N2O4S2/c1-19(24(27)25-17-18-31-23-11-7-4-8-12-23)26(32(2,28)29)20-13-15-22(16-14-20)30-21-9-5-3-6-10-21/h3-16,19H,17-18H2,1-2H3,(H,25,27)/t19-/m1/s1. The maximum absolute atomic E-state index is 12.7. The smallest absolute Gasteiger partial charge is 0.243 e. The number of carbonyl (C=O) groups is 1. The molecule has 3 aromatic carbocycles. The molecule has 1 amide bonds. The van der Waals surface area contributed by atoms with Crippen molar-refractivity contribution in [2.75, 3.05) is 22.9 Å². The second-order valence-electron chi connectivity index (χ2n) is 7.10. The second-order valence-corrected chi connectivity index (χ2v) is 10.1. The minimum absolute atomic E-state index is 0.353. The fourth-order valence-electron chi connectivity index (χ4n) is 3.10. The molecule has 168 valence electrons. The van der Waals surface area contributed by atoms with Gasteiger partial charge >= 0.3 is 0 Å². The van der Waals surface area contributed by atoms with Gasteiger partial charge in [0.1, 0.15) is 17.5 Å². The highest BCUT2D eigenvalue weighted by Gasteiger charge is 2.28. The van der Waals surface area contributed by atoms with E-state index >= 15 is 0 Å². The maximum Gasteiger partial charge on any atom is 0.243 e. The third-order valence-electron chi connectivity index (χ3n) is 4.57. The molecule has 8 heteroatoms. The Kier molecular flexibility index (Phi) is 8.19. The number of sulfonamides is 1. The first kappa shape index (κ1) is 23.7. The number of nitrogens with one attached hydrogen (secondary N) is 1. The van der Waals surface area contributed by atoms with Crippen LogP contribution in [0.2, 0.25) is 0 Å². The van der Waals surface area contributed by atoms with Crippen molar-refractivity contribution in [3.05, 3.63) is 84.9 Å². The molecule has 0 aliphatic carbocycles. The van der Waals surface area contributed by atoms with Crippen molar-refractivity contribution in [1.82, 2.24) is 5.32 Å². The van der Waals surface area contributed by atoms with Crippen LogP contribution in [0.4, 0.5) is 5.69 Å². The Balaban J connectivity index is 1.62. The largest absolute Gasteiger partial charge is 0.457 e. The second kappa shape index (κ2) is 11.1. The molecule has 32 heavy (non-hydrogen) atoms. The molecule has 3 rings (SSSR count). The van der Waals surface area contributed by atoms with Crippen LogP contribution in [-0.2, 0) is 14.8 Å². The summed E-state index contributed by atoms with van der Waals surface area (Å²) in [4.78, 5) is 13.8. The summed E-state index contributed by atoms with van der Waals surface area (Å²) in [5.41, 5.74) is 0.397. The van der Waals surface area contributed by atoms with Gasteiger partial charge in [-0.15, -0.1) is 11.8 Å². The Labute approximate surface area is 193 Å². The average Bonchev–Trinajstić information content (AvgIpc) is 2.78. The topological polar surface area (TPSA) is 75.7 Å². The molecule has 0 saturated carbocycles. The van der Waals surface area contributed by atoms with E-state index in [1.54, 1.807) is 43.0 Å². The first-order valence-electron chi connectivity index (χ1n) is 10.1. The van der Waals surface area contributed by atoms with Crippen molar-refractivity contribution in [2.45, 2.75) is 17.9 Å². The fourth-order valence-corrected chi connectivity index (χ4v) is 5.07. The lowest BCUT2D eigenvalue weighted by molar-refractivity contribution is -0.121. The lowest BCUT2D eigenvalue weighted by atomic mass is 10.2. The molecule has 0 unspecified atom stereocenters. The Morgan fingerprint density at radius 3 is 2.09 bits per heavy atom. The van der Waals surface area contributed by atoms with E-state index in [2.05, 4.69) is 5.32 Å². The molecular formula is C24H26N2O4S2. The van der Waals surface area contributed by atoms with Gasteiger partial charge in [0.2, 0.25) is 15.9 Å². The van der Waals surface area contributed by atoms with Gasteiger partial charge in [0.05, 0.1) is 11.9 Å². The van der Waals surface area contributed by atoms with Crippen LogP contribution in [0.5, 0.6) is 11.5 Å². The van der Waals surface area contributed by atoms with E-state index in [1.807, 2.05) is 60.7 Å². The van der Waals surface area contributed by atoms with Crippen LogP contribution >= 0.6 is 11.8 Å². The van der Waals surface area contributed by atoms with E-state index in [9.17, 15) is 13.2 Å². The molecule has 1 atom stereocenters. The highest BCUT2D eigenvalue weighted by Crippen LogP contribution is 2.27. The lowest BCUT2D eigenvalue weighted by Gasteiger charge is -2.28. The molecule has 0 saturated heterocycles. The van der Waals surface area contributed by atoms with Gasteiger partial charge in [-0.05, 0) is 55.5 Å². The predicted octanol–water partition coefficient (Wildman–Crippen LogP) is 4.54. The third-order valence-corrected chi connectivity index (χ3v) is 6.83. The molecule has 0 spiro atoms. The summed E-state index contributed by atoms with van der Waals surface area (Å²) in [5, 5.41) is 2.83. The number of rotatable bonds is 10. The summed E-state index contributed by atoms with van der Waals surface area (Å²) in [6, 6.07) is 24.9. The number of ether oxygens (including phenoxy) is 1. The van der Waals surface area contributed by atoms with Crippen LogP contribution in [0.15, 0.2) is 89.8 Å². The molecular weight excluding hydrogens is 444 g/mol. The quantitative estimate of drug-likeness (QED) is 0.348. The first-order valence-corrected chi connectivity index (χ1v) is 13.0. The summed E-state index contributed by atoms with van der Waals surface area (Å²) in [7, 11) is -3.68. The van der Waals surface area contributed by atoms with Crippen LogP contribution in [0.1, 0.15) is 6.92 Å². The predicted molar refractivity (Wildman–Crippen MR) is 130 cm³/mol. The molecule has 0 bridgehead atoms. The van der Waals surface area contributed by atoms with Crippen molar-refractivity contribution in [1.29, 1.82) is 0 Å². The molecule has 0 aliphatic heterocycles. The highest BCUT2D eigenvalue weighted by molar-refractivity contribution is 7.99. The molecule has 0 fully saturated rings. The number of anilines is 1. The van der Waals surface area contributed by atoms with Crippen LogP contribution in [0.3, 0.4) is 0 Å². The zero-order valence-corrected chi connectivity index (χ0v) is 19.6. The highest BCUT2D eigenvalue weighted by atomic mass is 32.2. The van der Waals surface area contributed by atoms with Crippen molar-refractivity contribution < 1.29 is 17.9 Å². The molecule has 1 N–H and O–H groups in total. The van der Waals surface area contributed by atoms with Crippen LogP contribution in [-0.4, -0.2) is 38.9 Å². The molecule has 0 radical (unpaired) electrons. The zero-order chi connectivity index (χ0) is 23.0. The monoisotopic (exact) mass is 470 g/mol. The lowest BCUT2D eigenvalue weighted by Crippen LogP contribution is -2.48. The van der Waals surface area contributed by atoms with E-state index < -0.39 is 16.1 Å². The van der Waals surface area contributed by atoms with Gasteiger partial charge in [-0.2, -0.15) is 0 Å². The number of hydrogen-bond donors (Lipinski definition) is 1. The van der Waals surface area contributed by atoms with Gasteiger partial charge < -0.3 is 10.1 Å². The van der Waals surface area contributed by atoms with Crippen molar-refractivity contribution in [3.8, 4) is 11.5 Å². The van der Waals surface area contributed by atoms with Gasteiger partial charge in [-0.3, -0.25) is 9.10 Å². The summed E-state index contributed by atoms with van der Waals surface area (Å²) < 4.78 is 31.8. The number of hydrogen-bond acceptors (Lipinski definition) is 5. The van der Waals surface area contributed by atoms with Gasteiger partial charge in [0.15, 0.2) is 0 Å². The number of amides is 1. The Bertz CT molecular complexity index is 1110. The Hall–Kier alpha value is -2.97. The molecule has 0 heterocycles. The van der Waals surface area contributed by atoms with E-state index in [-0.39, 0.29) is 5.91 Å². The minimum Gasteiger partial charge on any atom is -0.457 e. The van der Waals surface area contributed by atoms with Crippen LogP contribution < -0.4 is 14.4 Å². The molecule has 0 aromatic heterocycles. The summed E-state index contributed by atoms with van der Waals surface area (Å²) >= 11 is 1.63.